The van der Waals surface area contributed by atoms with Crippen molar-refractivity contribution in [2.75, 3.05) is 13.1 Å². The summed E-state index contributed by atoms with van der Waals surface area (Å²) in [5, 5.41) is 18.0. The van der Waals surface area contributed by atoms with Crippen molar-refractivity contribution in [2.45, 2.75) is 18.4 Å². The largest absolute Gasteiger partial charge is 0.386 e. The lowest BCUT2D eigenvalue weighted by atomic mass is 9.89. The molecule has 3 nitrogen and oxygen atoms in total. The number of nitriles is 1. The molecule has 0 aromatic heterocycles. The fourth-order valence-corrected chi connectivity index (χ4v) is 1.56. The van der Waals surface area contributed by atoms with Gasteiger partial charge in [-0.3, -0.25) is 0 Å². The predicted molar refractivity (Wildman–Crippen MR) is 34.9 cm³/mol. The molecule has 1 N–H and O–H groups in total. The molecule has 1 aliphatic heterocycles. The van der Waals surface area contributed by atoms with Crippen molar-refractivity contribution in [3.05, 3.63) is 0 Å². The van der Waals surface area contributed by atoms with Crippen LogP contribution >= 0.6 is 0 Å². The topological polar surface area (TPSA) is 47.3 Å². The lowest BCUT2D eigenvalue weighted by molar-refractivity contribution is -0.0886. The van der Waals surface area contributed by atoms with Gasteiger partial charge < -0.3 is 10.0 Å². The summed E-state index contributed by atoms with van der Waals surface area (Å²) in [7, 11) is 0. The standard InChI is InChI=1S/C7H10N2O/c8-5-9-3-7(10,4-9)6-1-2-6/h6,10H,1-4H2. The van der Waals surface area contributed by atoms with Crippen molar-refractivity contribution >= 4 is 0 Å². The molecule has 1 heterocycles. The summed E-state index contributed by atoms with van der Waals surface area (Å²) in [6, 6.07) is 0. The zero-order chi connectivity index (χ0) is 7.19. The van der Waals surface area contributed by atoms with Crippen molar-refractivity contribution in [3.8, 4) is 6.19 Å². The Bertz CT molecular complexity index is 186. The Hall–Kier alpha value is -0.750. The molecular formula is C7H10N2O. The van der Waals surface area contributed by atoms with E-state index in [2.05, 4.69) is 0 Å². The molecule has 0 spiro atoms. The highest BCUT2D eigenvalue weighted by atomic mass is 16.3. The van der Waals surface area contributed by atoms with E-state index in [-0.39, 0.29) is 0 Å². The van der Waals surface area contributed by atoms with Gasteiger partial charge in [0.25, 0.3) is 0 Å². The number of hydrogen-bond acceptors (Lipinski definition) is 3. The number of hydrogen-bond donors (Lipinski definition) is 1. The first kappa shape index (κ1) is 5.99. The summed E-state index contributed by atoms with van der Waals surface area (Å²) in [5.74, 6) is 0.497. The smallest absolute Gasteiger partial charge is 0.179 e. The maximum absolute atomic E-state index is 9.66. The Kier molecular flexibility index (Phi) is 0.984. The van der Waals surface area contributed by atoms with Gasteiger partial charge in [0.1, 0.15) is 5.60 Å². The van der Waals surface area contributed by atoms with Crippen LogP contribution in [-0.4, -0.2) is 28.7 Å². The highest BCUT2D eigenvalue weighted by Crippen LogP contribution is 2.44. The van der Waals surface area contributed by atoms with Crippen LogP contribution in [0.1, 0.15) is 12.8 Å². The van der Waals surface area contributed by atoms with Crippen LogP contribution < -0.4 is 0 Å². The van der Waals surface area contributed by atoms with Gasteiger partial charge in [-0.05, 0) is 18.8 Å². The molecule has 2 rings (SSSR count). The molecule has 1 saturated heterocycles. The third-order valence-corrected chi connectivity index (χ3v) is 2.41. The number of β-amino-alcohol motifs (C(OH)–C–C–N with tert-alkyl or cyclic N) is 1. The average molecular weight is 138 g/mol. The van der Waals surface area contributed by atoms with Crippen LogP contribution in [0.3, 0.4) is 0 Å². The molecule has 54 valence electrons. The number of likely N-dealkylation sites (tertiary alicyclic amines) is 1. The minimum absolute atomic E-state index is 0.490. The van der Waals surface area contributed by atoms with Gasteiger partial charge in [-0.1, -0.05) is 0 Å². The van der Waals surface area contributed by atoms with E-state index in [9.17, 15) is 5.11 Å². The Morgan fingerprint density at radius 2 is 2.10 bits per heavy atom. The molecule has 0 atom stereocenters. The Morgan fingerprint density at radius 1 is 1.50 bits per heavy atom. The fraction of sp³-hybridized carbons (Fsp3) is 0.857. The third kappa shape index (κ3) is 0.691. The molecule has 0 aromatic carbocycles. The van der Waals surface area contributed by atoms with Crippen LogP contribution in [0.4, 0.5) is 0 Å². The second-order valence-electron chi connectivity index (χ2n) is 3.33. The summed E-state index contributed by atoms with van der Waals surface area (Å²) >= 11 is 0. The second kappa shape index (κ2) is 1.64. The summed E-state index contributed by atoms with van der Waals surface area (Å²) in [6.07, 6.45) is 4.31. The first-order chi connectivity index (χ1) is 4.74. The van der Waals surface area contributed by atoms with Crippen LogP contribution in [0.25, 0.3) is 0 Å². The summed E-state index contributed by atoms with van der Waals surface area (Å²) in [4.78, 5) is 1.60. The molecule has 2 aliphatic rings. The Labute approximate surface area is 59.9 Å². The summed E-state index contributed by atoms with van der Waals surface area (Å²) < 4.78 is 0. The van der Waals surface area contributed by atoms with Crippen LogP contribution in [0.5, 0.6) is 0 Å². The van der Waals surface area contributed by atoms with Gasteiger partial charge in [0.15, 0.2) is 6.19 Å². The molecule has 10 heavy (non-hydrogen) atoms. The predicted octanol–water partition coefficient (Wildman–Crippen LogP) is -0.0758. The van der Waals surface area contributed by atoms with Crippen LogP contribution in [0, 0.1) is 17.4 Å². The van der Waals surface area contributed by atoms with Gasteiger partial charge >= 0.3 is 0 Å². The highest BCUT2D eigenvalue weighted by molar-refractivity contribution is 5.08. The molecule has 0 bridgehead atoms. The van der Waals surface area contributed by atoms with Crippen molar-refractivity contribution in [1.82, 2.24) is 4.90 Å². The molecule has 0 aromatic rings. The molecule has 0 radical (unpaired) electrons. The SMILES string of the molecule is N#CN1CC(O)(C2CC2)C1. The molecule has 1 saturated carbocycles. The van der Waals surface area contributed by atoms with Crippen LogP contribution in [0.2, 0.25) is 0 Å². The number of aliphatic hydroxyl groups is 1. The van der Waals surface area contributed by atoms with Gasteiger partial charge in [-0.15, -0.1) is 0 Å². The van der Waals surface area contributed by atoms with E-state index in [1.165, 1.54) is 0 Å². The maximum Gasteiger partial charge on any atom is 0.179 e. The van der Waals surface area contributed by atoms with E-state index in [1.54, 1.807) is 4.90 Å². The Morgan fingerprint density at radius 3 is 2.50 bits per heavy atom. The van der Waals surface area contributed by atoms with Gasteiger partial charge in [0, 0.05) is 0 Å². The first-order valence-electron chi connectivity index (χ1n) is 3.62. The molecule has 1 aliphatic carbocycles. The summed E-state index contributed by atoms with van der Waals surface area (Å²) in [6.45, 7) is 1.13. The van der Waals surface area contributed by atoms with E-state index in [0.717, 1.165) is 12.8 Å². The van der Waals surface area contributed by atoms with Gasteiger partial charge in [0.05, 0.1) is 13.1 Å². The molecule has 0 amide bonds. The minimum atomic E-state index is -0.490. The van der Waals surface area contributed by atoms with Crippen molar-refractivity contribution in [3.63, 3.8) is 0 Å². The monoisotopic (exact) mass is 138 g/mol. The van der Waals surface area contributed by atoms with Crippen molar-refractivity contribution in [1.29, 1.82) is 5.26 Å². The van der Waals surface area contributed by atoms with Gasteiger partial charge in [0.2, 0.25) is 0 Å². The number of rotatable bonds is 1. The molecular weight excluding hydrogens is 128 g/mol. The van der Waals surface area contributed by atoms with Crippen LogP contribution in [-0.2, 0) is 0 Å². The Balaban J connectivity index is 1.93. The lowest BCUT2D eigenvalue weighted by Crippen LogP contribution is -2.61. The van der Waals surface area contributed by atoms with Gasteiger partial charge in [-0.2, -0.15) is 5.26 Å². The fourth-order valence-electron chi connectivity index (χ4n) is 1.56. The zero-order valence-corrected chi connectivity index (χ0v) is 5.75. The van der Waals surface area contributed by atoms with E-state index >= 15 is 0 Å². The minimum Gasteiger partial charge on any atom is -0.386 e. The van der Waals surface area contributed by atoms with Crippen LogP contribution in [0.15, 0.2) is 0 Å². The zero-order valence-electron chi connectivity index (χ0n) is 5.75. The van der Waals surface area contributed by atoms with Crippen molar-refractivity contribution in [2.24, 2.45) is 5.92 Å². The van der Waals surface area contributed by atoms with E-state index in [1.807, 2.05) is 6.19 Å². The number of nitrogens with zero attached hydrogens (tertiary/aromatic N) is 2. The van der Waals surface area contributed by atoms with E-state index in [0.29, 0.717) is 19.0 Å². The van der Waals surface area contributed by atoms with E-state index in [4.69, 9.17) is 5.26 Å². The second-order valence-corrected chi connectivity index (χ2v) is 3.33. The quantitative estimate of drug-likeness (QED) is 0.516. The van der Waals surface area contributed by atoms with Gasteiger partial charge in [-0.25, -0.2) is 0 Å². The normalized spacial score (nSPS) is 29.0. The highest BCUT2D eigenvalue weighted by Gasteiger charge is 2.51. The summed E-state index contributed by atoms with van der Waals surface area (Å²) in [5.41, 5.74) is -0.490. The van der Waals surface area contributed by atoms with E-state index < -0.39 is 5.60 Å². The molecule has 0 unspecified atom stereocenters. The molecule has 3 heteroatoms. The third-order valence-electron chi connectivity index (χ3n) is 2.41. The first-order valence-corrected chi connectivity index (χ1v) is 3.62. The van der Waals surface area contributed by atoms with Crippen molar-refractivity contribution < 1.29 is 5.11 Å². The lowest BCUT2D eigenvalue weighted by Gasteiger charge is -2.43. The maximum atomic E-state index is 9.66. The average Bonchev–Trinajstić information content (AvgIpc) is 2.61. The molecule has 2 fully saturated rings.